The molecular formula is C23H22F5N3O5S. The monoisotopic (exact) mass is 547 g/mol. The summed E-state index contributed by atoms with van der Waals surface area (Å²) in [6.07, 6.45) is -4.67. The van der Waals surface area contributed by atoms with Crippen molar-refractivity contribution in [2.24, 2.45) is 0 Å². The topological polar surface area (TPSA) is 110 Å². The van der Waals surface area contributed by atoms with E-state index >= 15 is 0 Å². The largest absolute Gasteiger partial charge is 0.497 e. The van der Waals surface area contributed by atoms with Crippen LogP contribution in [0.1, 0.15) is 23.8 Å². The summed E-state index contributed by atoms with van der Waals surface area (Å²) in [6, 6.07) is 1.30. The van der Waals surface area contributed by atoms with E-state index in [1.54, 1.807) is 5.32 Å². The number of rotatable bonds is 6. The number of ether oxygens (including phenoxy) is 1. The quantitative estimate of drug-likeness (QED) is 0.373. The fourth-order valence-corrected chi connectivity index (χ4v) is 5.82. The number of nitrogens with one attached hydrogen (secondary N) is 3. The van der Waals surface area contributed by atoms with Crippen LogP contribution in [0.5, 0.6) is 5.75 Å². The standard InChI is InChI=1S/C23H22F5N3O5S/c1-11-17-5-12(24)6-18(25)20(17)36-19(11)21(23(26,27)28)31-22(32)30-15-7-14(8-16(9-15)35-2)29-13-3-4-37(33,34)10-13/h5-9,13,21,29H,3-4,10H2,1-2H3,(H2,30,31,32)/t13-,21-/m1/s1. The van der Waals surface area contributed by atoms with Crippen molar-refractivity contribution < 1.29 is 44.3 Å². The Labute approximate surface area is 208 Å². The summed E-state index contributed by atoms with van der Waals surface area (Å²) in [6.45, 7) is 1.20. The number of alkyl halides is 3. The molecule has 0 aliphatic carbocycles. The summed E-state index contributed by atoms with van der Waals surface area (Å²) in [4.78, 5) is 12.6. The smallest absolute Gasteiger partial charge is 0.416 e. The van der Waals surface area contributed by atoms with Crippen LogP contribution in [0, 0.1) is 18.6 Å². The van der Waals surface area contributed by atoms with Gasteiger partial charge in [-0.1, -0.05) is 0 Å². The van der Waals surface area contributed by atoms with E-state index < -0.39 is 51.1 Å². The molecule has 2 atom stereocenters. The lowest BCUT2D eigenvalue weighted by molar-refractivity contribution is -0.158. The summed E-state index contributed by atoms with van der Waals surface area (Å²) in [7, 11) is -1.82. The van der Waals surface area contributed by atoms with E-state index in [1.165, 1.54) is 32.2 Å². The Kier molecular flexibility index (Phi) is 6.97. The number of urea groups is 1. The van der Waals surface area contributed by atoms with Crippen LogP contribution in [-0.4, -0.2) is 45.3 Å². The molecule has 1 aliphatic rings. The summed E-state index contributed by atoms with van der Waals surface area (Å²) < 4.78 is 103. The van der Waals surface area contributed by atoms with Crippen molar-refractivity contribution in [3.63, 3.8) is 0 Å². The Hall–Kier alpha value is -3.55. The number of methoxy groups -OCH3 is 1. The summed E-state index contributed by atoms with van der Waals surface area (Å²) in [5.74, 6) is -2.77. The van der Waals surface area contributed by atoms with Gasteiger partial charge in [-0.25, -0.2) is 22.0 Å². The van der Waals surface area contributed by atoms with Crippen molar-refractivity contribution in [2.45, 2.75) is 31.6 Å². The number of anilines is 2. The number of carbonyl (C=O) groups excluding carboxylic acids is 1. The molecule has 4 rings (SSSR count). The highest BCUT2D eigenvalue weighted by molar-refractivity contribution is 7.91. The summed E-state index contributed by atoms with van der Waals surface area (Å²) in [5.41, 5.74) is -0.316. The van der Waals surface area contributed by atoms with Gasteiger partial charge in [-0.15, -0.1) is 0 Å². The second-order valence-electron chi connectivity index (χ2n) is 8.62. The van der Waals surface area contributed by atoms with Crippen LogP contribution in [0.2, 0.25) is 0 Å². The van der Waals surface area contributed by atoms with Gasteiger partial charge in [0, 0.05) is 46.6 Å². The molecule has 3 N–H and O–H groups in total. The van der Waals surface area contributed by atoms with Crippen LogP contribution in [-0.2, 0) is 9.84 Å². The number of carbonyl (C=O) groups is 1. The fraction of sp³-hybridized carbons (Fsp3) is 0.348. The van der Waals surface area contributed by atoms with Crippen molar-refractivity contribution in [2.75, 3.05) is 29.2 Å². The third kappa shape index (κ3) is 5.89. The Morgan fingerprint density at radius 2 is 1.84 bits per heavy atom. The molecule has 3 aromatic rings. The van der Waals surface area contributed by atoms with Gasteiger partial charge in [-0.05, 0) is 25.5 Å². The van der Waals surface area contributed by atoms with Crippen molar-refractivity contribution in [1.29, 1.82) is 0 Å². The molecule has 0 saturated carbocycles. The van der Waals surface area contributed by atoms with E-state index in [4.69, 9.17) is 9.15 Å². The number of sulfone groups is 1. The van der Waals surface area contributed by atoms with Gasteiger partial charge in [0.05, 0.1) is 18.6 Å². The summed E-state index contributed by atoms with van der Waals surface area (Å²) in [5, 5.41) is 6.88. The minimum absolute atomic E-state index is 0.0265. The van der Waals surface area contributed by atoms with Crippen molar-refractivity contribution in [3.8, 4) is 5.75 Å². The SMILES string of the molecule is COc1cc(NC(=O)N[C@H](c2oc3c(F)cc(F)cc3c2C)C(F)(F)F)cc(N[C@@H]2CCS(=O)(=O)C2)c1. The first-order valence-corrected chi connectivity index (χ1v) is 12.8. The number of furan rings is 1. The zero-order valence-corrected chi connectivity index (χ0v) is 20.3. The van der Waals surface area contributed by atoms with Crippen LogP contribution in [0.15, 0.2) is 34.7 Å². The van der Waals surface area contributed by atoms with Gasteiger partial charge in [0.15, 0.2) is 27.3 Å². The number of fused-ring (bicyclic) bond motifs is 1. The van der Waals surface area contributed by atoms with Crippen molar-refractivity contribution in [3.05, 3.63) is 53.3 Å². The van der Waals surface area contributed by atoms with E-state index in [2.05, 4.69) is 10.6 Å². The van der Waals surface area contributed by atoms with Gasteiger partial charge in [0.2, 0.25) is 0 Å². The van der Waals surface area contributed by atoms with Crippen LogP contribution >= 0.6 is 0 Å². The fourth-order valence-electron chi connectivity index (χ4n) is 4.15. The van der Waals surface area contributed by atoms with E-state index in [1.807, 2.05) is 0 Å². The highest BCUT2D eigenvalue weighted by Crippen LogP contribution is 2.39. The molecule has 2 amide bonds. The molecule has 1 saturated heterocycles. The number of benzene rings is 2. The molecular weight excluding hydrogens is 525 g/mol. The predicted octanol–water partition coefficient (Wildman–Crippen LogP) is 5.05. The molecule has 37 heavy (non-hydrogen) atoms. The van der Waals surface area contributed by atoms with E-state index in [9.17, 15) is 35.2 Å². The number of amides is 2. The van der Waals surface area contributed by atoms with Crippen LogP contribution in [0.3, 0.4) is 0 Å². The first-order chi connectivity index (χ1) is 17.3. The summed E-state index contributed by atoms with van der Waals surface area (Å²) >= 11 is 0. The van der Waals surface area contributed by atoms with Crippen LogP contribution < -0.4 is 20.7 Å². The van der Waals surface area contributed by atoms with E-state index in [-0.39, 0.29) is 39.9 Å². The van der Waals surface area contributed by atoms with Gasteiger partial charge >= 0.3 is 12.2 Å². The van der Waals surface area contributed by atoms with Gasteiger partial charge in [0.25, 0.3) is 0 Å². The third-order valence-corrected chi connectivity index (χ3v) is 7.63. The molecule has 0 spiro atoms. The zero-order chi connectivity index (χ0) is 27.1. The Bertz CT molecular complexity index is 1460. The first-order valence-electron chi connectivity index (χ1n) is 10.9. The highest BCUT2D eigenvalue weighted by Gasteiger charge is 2.45. The molecule has 1 aromatic heterocycles. The minimum Gasteiger partial charge on any atom is -0.497 e. The molecule has 14 heteroatoms. The second kappa shape index (κ2) is 9.72. The van der Waals surface area contributed by atoms with Gasteiger partial charge in [-0.3, -0.25) is 0 Å². The third-order valence-electron chi connectivity index (χ3n) is 5.86. The maximum absolute atomic E-state index is 14.1. The molecule has 0 bridgehead atoms. The van der Waals surface area contributed by atoms with Crippen LogP contribution in [0.25, 0.3) is 11.0 Å². The molecule has 0 radical (unpaired) electrons. The second-order valence-corrected chi connectivity index (χ2v) is 10.9. The maximum Gasteiger partial charge on any atom is 0.416 e. The molecule has 1 fully saturated rings. The first kappa shape index (κ1) is 26.5. The molecule has 2 aromatic carbocycles. The lowest BCUT2D eigenvalue weighted by atomic mass is 10.1. The molecule has 2 heterocycles. The average molecular weight is 548 g/mol. The lowest BCUT2D eigenvalue weighted by Gasteiger charge is -2.21. The zero-order valence-electron chi connectivity index (χ0n) is 19.5. The Morgan fingerprint density at radius 1 is 1.14 bits per heavy atom. The number of hydrogen-bond donors (Lipinski definition) is 3. The molecule has 1 aliphatic heterocycles. The normalized spacial score (nSPS) is 18.0. The average Bonchev–Trinajstić information content (AvgIpc) is 3.29. The lowest BCUT2D eigenvalue weighted by Crippen LogP contribution is -2.40. The number of halogens is 5. The Morgan fingerprint density at radius 3 is 2.46 bits per heavy atom. The van der Waals surface area contributed by atoms with Crippen molar-refractivity contribution in [1.82, 2.24) is 5.32 Å². The number of aryl methyl sites for hydroxylation is 1. The van der Waals surface area contributed by atoms with E-state index in [0.717, 1.165) is 6.07 Å². The highest BCUT2D eigenvalue weighted by atomic mass is 32.2. The van der Waals surface area contributed by atoms with Crippen molar-refractivity contribution >= 4 is 38.2 Å². The van der Waals surface area contributed by atoms with Gasteiger partial charge < -0.3 is 25.1 Å². The van der Waals surface area contributed by atoms with Crippen LogP contribution in [0.4, 0.5) is 38.1 Å². The predicted molar refractivity (Wildman–Crippen MR) is 125 cm³/mol. The maximum atomic E-state index is 14.1. The number of hydrogen-bond acceptors (Lipinski definition) is 6. The molecule has 8 nitrogen and oxygen atoms in total. The molecule has 200 valence electrons. The van der Waals surface area contributed by atoms with E-state index in [0.29, 0.717) is 18.2 Å². The van der Waals surface area contributed by atoms with Gasteiger partial charge in [-0.2, -0.15) is 13.2 Å². The molecule has 0 unspecified atom stereocenters. The minimum atomic E-state index is -5.04. The van der Waals surface area contributed by atoms with Gasteiger partial charge in [0.1, 0.15) is 17.3 Å². The Balaban J connectivity index is 1.57.